The van der Waals surface area contributed by atoms with Gasteiger partial charge in [0.15, 0.2) is 0 Å². The third-order valence-electron chi connectivity index (χ3n) is 1.67. The number of pyridine rings is 1. The summed E-state index contributed by atoms with van der Waals surface area (Å²) in [5.41, 5.74) is 1.99. The van der Waals surface area contributed by atoms with Crippen molar-refractivity contribution >= 4 is 11.7 Å². The maximum absolute atomic E-state index is 11.2. The quantitative estimate of drug-likeness (QED) is 0.726. The first-order valence-electron chi connectivity index (χ1n) is 4.51. The van der Waals surface area contributed by atoms with Gasteiger partial charge >= 0.3 is 0 Å². The predicted octanol–water partition coefficient (Wildman–Crippen LogP) is 2.21. The van der Waals surface area contributed by atoms with Gasteiger partial charge in [0.1, 0.15) is 5.82 Å². The number of anilines is 1. The maximum Gasteiger partial charge on any atom is 0.249 e. The Labute approximate surface area is 83.9 Å². The zero-order valence-corrected chi connectivity index (χ0v) is 8.66. The summed E-state index contributed by atoms with van der Waals surface area (Å²) < 4.78 is 0. The van der Waals surface area contributed by atoms with E-state index >= 15 is 0 Å². The number of rotatable bonds is 2. The van der Waals surface area contributed by atoms with Gasteiger partial charge in [0.05, 0.1) is 0 Å². The van der Waals surface area contributed by atoms with Crippen LogP contribution in [-0.4, -0.2) is 10.9 Å². The van der Waals surface area contributed by atoms with Crippen LogP contribution >= 0.6 is 0 Å². The van der Waals surface area contributed by atoms with E-state index in [1.54, 1.807) is 13.0 Å². The Balaban J connectivity index is 2.81. The first kappa shape index (κ1) is 10.4. The van der Waals surface area contributed by atoms with Crippen molar-refractivity contribution in [1.82, 2.24) is 4.98 Å². The Morgan fingerprint density at radius 2 is 2.14 bits per heavy atom. The van der Waals surface area contributed by atoms with E-state index in [4.69, 9.17) is 0 Å². The van der Waals surface area contributed by atoms with E-state index < -0.39 is 0 Å². The highest BCUT2D eigenvalue weighted by Crippen LogP contribution is 2.08. The molecule has 1 aromatic rings. The molecule has 0 fully saturated rings. The Hall–Kier alpha value is -1.64. The lowest BCUT2D eigenvalue weighted by molar-refractivity contribution is -0.111. The van der Waals surface area contributed by atoms with Gasteiger partial charge in [-0.3, -0.25) is 4.79 Å². The fourth-order valence-corrected chi connectivity index (χ4v) is 1.22. The van der Waals surface area contributed by atoms with E-state index in [1.165, 1.54) is 6.08 Å². The molecule has 0 spiro atoms. The number of hydrogen-bond donors (Lipinski definition) is 1. The summed E-state index contributed by atoms with van der Waals surface area (Å²) in [5, 5.41) is 2.69. The SMILES string of the molecule is C/C=C/C(=O)Nc1cc(C)cc(C)n1. The molecular formula is C11H14N2O. The summed E-state index contributed by atoms with van der Waals surface area (Å²) in [7, 11) is 0. The van der Waals surface area contributed by atoms with Crippen LogP contribution in [0.5, 0.6) is 0 Å². The molecule has 0 aliphatic heterocycles. The number of allylic oxidation sites excluding steroid dienone is 1. The third kappa shape index (κ3) is 3.01. The van der Waals surface area contributed by atoms with Gasteiger partial charge in [-0.05, 0) is 44.5 Å². The van der Waals surface area contributed by atoms with Gasteiger partial charge < -0.3 is 5.32 Å². The third-order valence-corrected chi connectivity index (χ3v) is 1.67. The van der Waals surface area contributed by atoms with Crippen LogP contribution in [0.2, 0.25) is 0 Å². The molecule has 0 saturated heterocycles. The Bertz CT molecular complexity index is 349. The fourth-order valence-electron chi connectivity index (χ4n) is 1.22. The van der Waals surface area contributed by atoms with E-state index in [2.05, 4.69) is 10.3 Å². The highest BCUT2D eigenvalue weighted by molar-refractivity contribution is 5.98. The van der Waals surface area contributed by atoms with Crippen LogP contribution in [0.1, 0.15) is 18.2 Å². The first-order valence-corrected chi connectivity index (χ1v) is 4.51. The molecule has 1 amide bonds. The van der Waals surface area contributed by atoms with Crippen molar-refractivity contribution in [3.8, 4) is 0 Å². The molecule has 74 valence electrons. The minimum absolute atomic E-state index is 0.148. The molecule has 0 bridgehead atoms. The standard InChI is InChI=1S/C11H14N2O/c1-4-5-11(14)13-10-7-8(2)6-9(3)12-10/h4-7H,1-3H3,(H,12,13,14)/b5-4+. The van der Waals surface area contributed by atoms with Crippen LogP contribution in [0.25, 0.3) is 0 Å². The fraction of sp³-hybridized carbons (Fsp3) is 0.273. The molecule has 1 N–H and O–H groups in total. The Morgan fingerprint density at radius 3 is 2.71 bits per heavy atom. The molecule has 0 saturated carbocycles. The highest BCUT2D eigenvalue weighted by atomic mass is 16.1. The molecule has 0 aliphatic rings. The normalized spacial score (nSPS) is 10.5. The van der Waals surface area contributed by atoms with Crippen LogP contribution < -0.4 is 5.32 Å². The van der Waals surface area contributed by atoms with Crippen molar-refractivity contribution < 1.29 is 4.79 Å². The van der Waals surface area contributed by atoms with Crippen molar-refractivity contribution in [3.05, 3.63) is 35.5 Å². The molecule has 0 atom stereocenters. The number of carbonyl (C=O) groups is 1. The van der Waals surface area contributed by atoms with Crippen molar-refractivity contribution in [3.63, 3.8) is 0 Å². The van der Waals surface area contributed by atoms with Crippen molar-refractivity contribution in [2.75, 3.05) is 5.32 Å². The Kier molecular flexibility index (Phi) is 3.40. The van der Waals surface area contributed by atoms with Gasteiger partial charge in [-0.1, -0.05) is 6.08 Å². The summed E-state index contributed by atoms with van der Waals surface area (Å²) in [6, 6.07) is 3.81. The molecule has 3 nitrogen and oxygen atoms in total. The minimum atomic E-state index is -0.148. The zero-order chi connectivity index (χ0) is 10.6. The van der Waals surface area contributed by atoms with E-state index in [0.717, 1.165) is 11.3 Å². The second-order valence-corrected chi connectivity index (χ2v) is 3.16. The summed E-state index contributed by atoms with van der Waals surface area (Å²) in [6.07, 6.45) is 3.16. The summed E-state index contributed by atoms with van der Waals surface area (Å²) in [5.74, 6) is 0.454. The van der Waals surface area contributed by atoms with E-state index in [-0.39, 0.29) is 5.91 Å². The van der Waals surface area contributed by atoms with E-state index in [1.807, 2.05) is 26.0 Å². The number of amides is 1. The van der Waals surface area contributed by atoms with Crippen molar-refractivity contribution in [2.45, 2.75) is 20.8 Å². The van der Waals surface area contributed by atoms with Gasteiger partial charge in [-0.25, -0.2) is 4.98 Å². The molecule has 14 heavy (non-hydrogen) atoms. The predicted molar refractivity (Wildman–Crippen MR) is 57.2 cm³/mol. The molecule has 0 aromatic carbocycles. The average molecular weight is 190 g/mol. The first-order chi connectivity index (χ1) is 6.61. The van der Waals surface area contributed by atoms with Crippen molar-refractivity contribution in [1.29, 1.82) is 0 Å². The number of nitrogens with one attached hydrogen (secondary N) is 1. The monoisotopic (exact) mass is 190 g/mol. The molecule has 1 aromatic heterocycles. The summed E-state index contributed by atoms with van der Waals surface area (Å²) >= 11 is 0. The van der Waals surface area contributed by atoms with E-state index in [0.29, 0.717) is 5.82 Å². The topological polar surface area (TPSA) is 42.0 Å². The smallest absolute Gasteiger partial charge is 0.249 e. The number of carbonyl (C=O) groups excluding carboxylic acids is 1. The molecule has 0 aliphatic carbocycles. The lowest BCUT2D eigenvalue weighted by Gasteiger charge is -2.03. The number of aryl methyl sites for hydroxylation is 2. The van der Waals surface area contributed by atoms with E-state index in [9.17, 15) is 4.79 Å². The summed E-state index contributed by atoms with van der Waals surface area (Å²) in [6.45, 7) is 5.67. The largest absolute Gasteiger partial charge is 0.307 e. The molecule has 1 rings (SSSR count). The van der Waals surface area contributed by atoms with Gasteiger partial charge in [0.2, 0.25) is 5.91 Å². The average Bonchev–Trinajstić information content (AvgIpc) is 2.01. The lowest BCUT2D eigenvalue weighted by Crippen LogP contribution is -2.09. The van der Waals surface area contributed by atoms with Crippen LogP contribution in [-0.2, 0) is 4.79 Å². The van der Waals surface area contributed by atoms with Crippen LogP contribution in [0, 0.1) is 13.8 Å². The summed E-state index contributed by atoms with van der Waals surface area (Å²) in [4.78, 5) is 15.4. The van der Waals surface area contributed by atoms with Gasteiger partial charge in [0, 0.05) is 5.69 Å². The second-order valence-electron chi connectivity index (χ2n) is 3.16. The maximum atomic E-state index is 11.2. The number of hydrogen-bond acceptors (Lipinski definition) is 2. The van der Waals surface area contributed by atoms with Crippen LogP contribution in [0.4, 0.5) is 5.82 Å². The molecular weight excluding hydrogens is 176 g/mol. The number of nitrogens with zero attached hydrogens (tertiary/aromatic N) is 1. The van der Waals surface area contributed by atoms with Crippen LogP contribution in [0.3, 0.4) is 0 Å². The second kappa shape index (κ2) is 4.56. The molecule has 0 unspecified atom stereocenters. The molecule has 1 heterocycles. The highest BCUT2D eigenvalue weighted by Gasteiger charge is 1.99. The Morgan fingerprint density at radius 1 is 1.43 bits per heavy atom. The van der Waals surface area contributed by atoms with Crippen LogP contribution in [0.15, 0.2) is 24.3 Å². The van der Waals surface area contributed by atoms with Gasteiger partial charge in [-0.2, -0.15) is 0 Å². The lowest BCUT2D eigenvalue weighted by atomic mass is 10.2. The van der Waals surface area contributed by atoms with Gasteiger partial charge in [-0.15, -0.1) is 0 Å². The zero-order valence-electron chi connectivity index (χ0n) is 8.66. The van der Waals surface area contributed by atoms with Gasteiger partial charge in [0.25, 0.3) is 0 Å². The molecule has 3 heteroatoms. The number of aromatic nitrogens is 1. The minimum Gasteiger partial charge on any atom is -0.307 e. The molecule has 0 radical (unpaired) electrons. The van der Waals surface area contributed by atoms with Crippen molar-refractivity contribution in [2.24, 2.45) is 0 Å².